The van der Waals surface area contributed by atoms with Crippen molar-refractivity contribution in [1.82, 2.24) is 15.1 Å². The zero-order valence-corrected chi connectivity index (χ0v) is 18.4. The Labute approximate surface area is 175 Å². The molecule has 2 amide bonds. The van der Waals surface area contributed by atoms with Gasteiger partial charge in [-0.2, -0.15) is 5.10 Å². The molecule has 2 fully saturated rings. The number of carbonyl (C=O) groups is 3. The van der Waals surface area contributed by atoms with Crippen LogP contribution in [0.1, 0.15) is 58.6 Å². The van der Waals surface area contributed by atoms with E-state index in [4.69, 9.17) is 4.74 Å². The lowest BCUT2D eigenvalue weighted by molar-refractivity contribution is -0.117. The first-order valence-corrected chi connectivity index (χ1v) is 11.1. The second-order valence-corrected chi connectivity index (χ2v) is 10.00. The maximum Gasteiger partial charge on any atom is 0.410 e. The van der Waals surface area contributed by atoms with Crippen LogP contribution in [-0.4, -0.2) is 63.2 Å². The van der Waals surface area contributed by atoms with Crippen molar-refractivity contribution in [3.8, 4) is 0 Å². The third-order valence-electron chi connectivity index (χ3n) is 5.17. The Kier molecular flexibility index (Phi) is 6.55. The topological polar surface area (TPSA) is 95.6 Å². The van der Waals surface area contributed by atoms with Crippen molar-refractivity contribution in [2.45, 2.75) is 58.5 Å². The highest BCUT2D eigenvalue weighted by molar-refractivity contribution is 8.13. The second kappa shape index (κ2) is 8.77. The molecule has 9 heteroatoms. The van der Waals surface area contributed by atoms with Gasteiger partial charge in [0.25, 0.3) is 0 Å². The van der Waals surface area contributed by atoms with E-state index >= 15 is 0 Å². The number of likely N-dealkylation sites (tertiary alicyclic amines) is 1. The van der Waals surface area contributed by atoms with Gasteiger partial charge in [0.15, 0.2) is 10.9 Å². The van der Waals surface area contributed by atoms with Crippen LogP contribution < -0.4 is 4.90 Å². The fourth-order valence-corrected chi connectivity index (χ4v) is 4.42. The number of hydrogen-bond acceptors (Lipinski definition) is 6. The van der Waals surface area contributed by atoms with Crippen LogP contribution in [0.15, 0.2) is 6.07 Å². The van der Waals surface area contributed by atoms with E-state index in [1.807, 2.05) is 26.8 Å². The molecule has 3 rings (SSSR count). The number of aromatic amines is 1. The molecule has 0 aliphatic carbocycles. The lowest BCUT2D eigenvalue weighted by Gasteiger charge is -2.33. The van der Waals surface area contributed by atoms with Crippen LogP contribution >= 0.6 is 11.8 Å². The van der Waals surface area contributed by atoms with Crippen LogP contribution in [0.4, 0.5) is 10.6 Å². The number of nitrogens with zero attached hydrogens (tertiary/aromatic N) is 3. The maximum absolute atomic E-state index is 12.4. The van der Waals surface area contributed by atoms with Crippen LogP contribution in [0.25, 0.3) is 0 Å². The van der Waals surface area contributed by atoms with Crippen molar-refractivity contribution in [2.24, 2.45) is 5.92 Å². The highest BCUT2D eigenvalue weighted by Gasteiger charge is 2.33. The van der Waals surface area contributed by atoms with Crippen molar-refractivity contribution in [3.63, 3.8) is 0 Å². The lowest BCUT2D eigenvalue weighted by Crippen LogP contribution is -2.41. The van der Waals surface area contributed by atoms with Gasteiger partial charge in [0.05, 0.1) is 0 Å². The standard InChI is InChI=1S/C20H30N4O4S/c1-13(25)29-12-14-9-18(26)24(11-14)17-10-16(21-22-17)15-5-7-23(8-6-15)19(27)28-20(2,3)4/h10,14-15H,5-9,11-12H2,1-4H3,(H,21,22). The van der Waals surface area contributed by atoms with Crippen LogP contribution in [-0.2, 0) is 14.3 Å². The molecule has 2 aliphatic rings. The molecule has 0 saturated carbocycles. The van der Waals surface area contributed by atoms with Gasteiger partial charge in [0, 0.05) is 56.4 Å². The summed E-state index contributed by atoms with van der Waals surface area (Å²) in [5.41, 5.74) is 0.508. The Hall–Kier alpha value is -2.03. The molecule has 1 unspecified atom stereocenters. The van der Waals surface area contributed by atoms with E-state index in [0.29, 0.717) is 37.6 Å². The molecule has 160 valence electrons. The van der Waals surface area contributed by atoms with Gasteiger partial charge >= 0.3 is 6.09 Å². The van der Waals surface area contributed by atoms with E-state index in [9.17, 15) is 14.4 Å². The summed E-state index contributed by atoms with van der Waals surface area (Å²) in [5.74, 6) is 1.81. The number of H-pyrrole nitrogens is 1. The minimum Gasteiger partial charge on any atom is -0.444 e. The predicted octanol–water partition coefficient (Wildman–Crippen LogP) is 3.16. The third-order valence-corrected chi connectivity index (χ3v) is 6.22. The van der Waals surface area contributed by atoms with Crippen LogP contribution in [0, 0.1) is 5.92 Å². The number of carbonyl (C=O) groups excluding carboxylic acids is 3. The summed E-state index contributed by atoms with van der Waals surface area (Å²) in [7, 11) is 0. The summed E-state index contributed by atoms with van der Waals surface area (Å²) in [5, 5.41) is 7.52. The number of thioether (sulfide) groups is 1. The summed E-state index contributed by atoms with van der Waals surface area (Å²) in [4.78, 5) is 39.2. The summed E-state index contributed by atoms with van der Waals surface area (Å²) in [6.07, 6.45) is 1.84. The first-order valence-electron chi connectivity index (χ1n) is 10.1. The van der Waals surface area contributed by atoms with Gasteiger partial charge in [0.2, 0.25) is 5.91 Å². The van der Waals surface area contributed by atoms with Crippen LogP contribution in [0.2, 0.25) is 0 Å². The van der Waals surface area contributed by atoms with Crippen molar-refractivity contribution < 1.29 is 19.1 Å². The monoisotopic (exact) mass is 422 g/mol. The number of nitrogens with one attached hydrogen (secondary N) is 1. The zero-order chi connectivity index (χ0) is 21.2. The van der Waals surface area contributed by atoms with Gasteiger partial charge in [-0.1, -0.05) is 11.8 Å². The Balaban J connectivity index is 1.54. The smallest absolute Gasteiger partial charge is 0.410 e. The van der Waals surface area contributed by atoms with Gasteiger partial charge in [0.1, 0.15) is 5.60 Å². The molecule has 1 aromatic heterocycles. The molecule has 2 saturated heterocycles. The van der Waals surface area contributed by atoms with Crippen LogP contribution in [0.3, 0.4) is 0 Å². The maximum atomic E-state index is 12.4. The van der Waals surface area contributed by atoms with Gasteiger partial charge in [-0.15, -0.1) is 0 Å². The Morgan fingerprint density at radius 3 is 2.62 bits per heavy atom. The van der Waals surface area contributed by atoms with Crippen LogP contribution in [0.5, 0.6) is 0 Å². The zero-order valence-electron chi connectivity index (χ0n) is 17.6. The molecule has 0 aromatic carbocycles. The fraction of sp³-hybridized carbons (Fsp3) is 0.700. The average Bonchev–Trinajstić information content (AvgIpc) is 3.25. The SMILES string of the molecule is CC(=O)SCC1CC(=O)N(c2cc(C3CCN(C(=O)OC(C)(C)C)CC3)[nH]n2)C1. The van der Waals surface area contributed by atoms with E-state index in [1.54, 1.807) is 16.7 Å². The number of hydrogen-bond donors (Lipinski definition) is 1. The number of aromatic nitrogens is 2. The second-order valence-electron chi connectivity index (χ2n) is 8.80. The number of rotatable bonds is 4. The first kappa shape index (κ1) is 21.7. The van der Waals surface area contributed by atoms with Crippen molar-refractivity contribution >= 4 is 34.7 Å². The Bertz CT molecular complexity index is 765. The molecule has 3 heterocycles. The lowest BCUT2D eigenvalue weighted by atomic mass is 9.94. The molecule has 0 bridgehead atoms. The average molecular weight is 423 g/mol. The first-order chi connectivity index (χ1) is 13.6. The number of ether oxygens (including phenoxy) is 1. The highest BCUT2D eigenvalue weighted by atomic mass is 32.2. The summed E-state index contributed by atoms with van der Waals surface area (Å²) < 4.78 is 5.45. The molecule has 1 atom stereocenters. The van der Waals surface area contributed by atoms with E-state index in [2.05, 4.69) is 10.2 Å². The number of piperidine rings is 1. The molecular weight excluding hydrogens is 392 g/mol. The molecule has 1 aromatic rings. The van der Waals surface area contributed by atoms with E-state index in [0.717, 1.165) is 18.5 Å². The molecule has 29 heavy (non-hydrogen) atoms. The van der Waals surface area contributed by atoms with Gasteiger partial charge < -0.3 is 9.64 Å². The quantitative estimate of drug-likeness (QED) is 0.801. The van der Waals surface area contributed by atoms with Gasteiger partial charge in [-0.3, -0.25) is 19.6 Å². The molecule has 1 N–H and O–H groups in total. The number of anilines is 1. The number of amides is 2. The van der Waals surface area contributed by atoms with Crippen molar-refractivity contribution in [2.75, 3.05) is 30.3 Å². The third kappa shape index (κ3) is 5.74. The summed E-state index contributed by atoms with van der Waals surface area (Å²) in [6, 6.07) is 1.95. The predicted molar refractivity (Wildman–Crippen MR) is 112 cm³/mol. The summed E-state index contributed by atoms with van der Waals surface area (Å²) in [6.45, 7) is 9.03. The molecule has 8 nitrogen and oxygen atoms in total. The molecular formula is C20H30N4O4S. The minimum absolute atomic E-state index is 0.0527. The normalized spacial score (nSPS) is 21.0. The van der Waals surface area contributed by atoms with E-state index in [1.165, 1.54) is 11.8 Å². The fourth-order valence-electron chi connectivity index (χ4n) is 3.72. The Morgan fingerprint density at radius 2 is 2.00 bits per heavy atom. The molecule has 0 spiro atoms. The van der Waals surface area contributed by atoms with E-state index in [-0.39, 0.29) is 29.0 Å². The minimum atomic E-state index is -0.491. The van der Waals surface area contributed by atoms with E-state index < -0.39 is 5.60 Å². The summed E-state index contributed by atoms with van der Waals surface area (Å²) >= 11 is 1.27. The largest absolute Gasteiger partial charge is 0.444 e. The van der Waals surface area contributed by atoms with Gasteiger partial charge in [-0.05, 0) is 39.5 Å². The highest BCUT2D eigenvalue weighted by Crippen LogP contribution is 2.32. The molecule has 2 aliphatic heterocycles. The molecule has 0 radical (unpaired) electrons. The van der Waals surface area contributed by atoms with Crippen molar-refractivity contribution in [3.05, 3.63) is 11.8 Å². The van der Waals surface area contributed by atoms with Crippen molar-refractivity contribution in [1.29, 1.82) is 0 Å². The van der Waals surface area contributed by atoms with Gasteiger partial charge in [-0.25, -0.2) is 4.79 Å². The Morgan fingerprint density at radius 1 is 1.31 bits per heavy atom.